The summed E-state index contributed by atoms with van der Waals surface area (Å²) in [5, 5.41) is 11.5. The second-order valence-corrected chi connectivity index (χ2v) is 13.1. The van der Waals surface area contributed by atoms with Crippen molar-refractivity contribution in [3.63, 3.8) is 0 Å². The molecule has 0 heterocycles. The van der Waals surface area contributed by atoms with Crippen LogP contribution in [0.4, 0.5) is 0 Å². The van der Waals surface area contributed by atoms with Gasteiger partial charge in [-0.2, -0.15) is 0 Å². The number of carbonyl (C=O) groups is 3. The number of carboxylic acid groups (broad SMARTS) is 1. The fraction of sp³-hybridized carbons (Fsp3) is 0.861. The van der Waals surface area contributed by atoms with Gasteiger partial charge in [0.1, 0.15) is 12.6 Å². The molecule has 0 aliphatic heterocycles. The van der Waals surface area contributed by atoms with Crippen LogP contribution in [0.3, 0.4) is 0 Å². The molecule has 0 rings (SSSR count). The Morgan fingerprint density at radius 3 is 1.70 bits per heavy atom. The second kappa shape index (κ2) is 28.5. The Kier molecular flexibility index (Phi) is 27.3. The number of nitrogens with zero attached hydrogens (tertiary/aromatic N) is 1. The lowest BCUT2D eigenvalue weighted by Gasteiger charge is -2.34. The minimum Gasteiger partial charge on any atom is -0.544 e. The Balaban J connectivity index is 4.46. The van der Waals surface area contributed by atoms with Crippen LogP contribution in [0.25, 0.3) is 0 Å². The Labute approximate surface area is 269 Å². The Hall–Kier alpha value is -1.93. The maximum Gasteiger partial charge on any atom is 0.306 e. The monoisotopic (exact) mass is 625 g/mol. The van der Waals surface area contributed by atoms with E-state index in [1.54, 1.807) is 21.1 Å². The van der Waals surface area contributed by atoms with Gasteiger partial charge in [0.2, 0.25) is 0 Å². The first-order valence-electron chi connectivity index (χ1n) is 17.7. The number of esters is 2. The maximum absolute atomic E-state index is 12.5. The summed E-state index contributed by atoms with van der Waals surface area (Å²) < 4.78 is 17.0. The third-order valence-corrected chi connectivity index (χ3v) is 7.90. The molecule has 0 spiro atoms. The summed E-state index contributed by atoms with van der Waals surface area (Å²) in [6, 6.07) is -0.720. The van der Waals surface area contributed by atoms with Gasteiger partial charge in [0.05, 0.1) is 40.3 Å². The number of allylic oxidation sites excluding steroid dienone is 2. The minimum absolute atomic E-state index is 0.0422. The quantitative estimate of drug-likeness (QED) is 0.0351. The first-order chi connectivity index (χ1) is 21.1. The number of hydrogen-bond donors (Lipinski definition) is 0. The highest BCUT2D eigenvalue weighted by Crippen LogP contribution is 2.13. The van der Waals surface area contributed by atoms with Gasteiger partial charge in [-0.1, -0.05) is 109 Å². The van der Waals surface area contributed by atoms with Gasteiger partial charge in [0.15, 0.2) is 6.10 Å². The first kappa shape index (κ1) is 42.1. The average Bonchev–Trinajstić information content (AvgIpc) is 2.96. The molecule has 2 unspecified atom stereocenters. The number of ether oxygens (including phenoxy) is 3. The molecular weight excluding hydrogens is 558 g/mol. The Morgan fingerprint density at radius 1 is 0.659 bits per heavy atom. The molecule has 44 heavy (non-hydrogen) atoms. The molecule has 0 aromatic heterocycles. The topological polar surface area (TPSA) is 102 Å². The molecule has 0 fully saturated rings. The molecular formula is C36H67NO7. The zero-order valence-corrected chi connectivity index (χ0v) is 29.1. The minimum atomic E-state index is -1.13. The number of aliphatic carboxylic acids is 1. The van der Waals surface area contributed by atoms with E-state index in [2.05, 4.69) is 26.0 Å². The third kappa shape index (κ3) is 26.5. The molecule has 0 saturated carbocycles. The normalized spacial score (nSPS) is 13.2. The summed E-state index contributed by atoms with van der Waals surface area (Å²) in [6.45, 7) is 4.57. The molecule has 0 saturated heterocycles. The highest BCUT2D eigenvalue weighted by atomic mass is 16.6. The van der Waals surface area contributed by atoms with E-state index in [-0.39, 0.29) is 42.7 Å². The molecule has 0 amide bonds. The van der Waals surface area contributed by atoms with E-state index in [0.717, 1.165) is 51.4 Å². The lowest BCUT2D eigenvalue weighted by Crippen LogP contribution is -2.55. The lowest BCUT2D eigenvalue weighted by molar-refractivity contribution is -0.889. The van der Waals surface area contributed by atoms with E-state index in [1.165, 1.54) is 64.2 Å². The first-order valence-corrected chi connectivity index (χ1v) is 17.7. The number of carboxylic acids is 1. The van der Waals surface area contributed by atoms with Crippen molar-refractivity contribution in [2.75, 3.05) is 41.0 Å². The number of rotatable bonds is 31. The zero-order valence-electron chi connectivity index (χ0n) is 29.1. The standard InChI is InChI=1S/C36H67NO7/c1-6-8-10-12-14-16-17-19-20-22-24-26-34(38)43-31-32(30-42-29-28-33(36(40)41)37(3,4)5)44-35(39)27-25-23-21-18-15-13-11-9-7-2/h12,14,32-33H,6-11,13,15-31H2,1-5H3/b14-12+. The number of unbranched alkanes of at least 4 members (excludes halogenated alkanes) is 15. The maximum atomic E-state index is 12.5. The predicted molar refractivity (Wildman–Crippen MR) is 176 cm³/mol. The smallest absolute Gasteiger partial charge is 0.306 e. The molecule has 8 heteroatoms. The predicted octanol–water partition coefficient (Wildman–Crippen LogP) is 7.07. The van der Waals surface area contributed by atoms with Crippen LogP contribution in [0.15, 0.2) is 12.2 Å². The van der Waals surface area contributed by atoms with Crippen LogP contribution in [0, 0.1) is 0 Å². The van der Waals surface area contributed by atoms with E-state index in [9.17, 15) is 19.5 Å². The van der Waals surface area contributed by atoms with Gasteiger partial charge in [0.25, 0.3) is 0 Å². The number of hydrogen-bond acceptors (Lipinski definition) is 7. The second-order valence-electron chi connectivity index (χ2n) is 13.1. The molecule has 8 nitrogen and oxygen atoms in total. The van der Waals surface area contributed by atoms with Crippen LogP contribution in [0.1, 0.15) is 149 Å². The van der Waals surface area contributed by atoms with Gasteiger partial charge >= 0.3 is 11.9 Å². The lowest BCUT2D eigenvalue weighted by atomic mass is 10.1. The fourth-order valence-corrected chi connectivity index (χ4v) is 5.05. The van der Waals surface area contributed by atoms with Crippen LogP contribution in [0.5, 0.6) is 0 Å². The van der Waals surface area contributed by atoms with Crippen LogP contribution in [-0.2, 0) is 28.6 Å². The summed E-state index contributed by atoms with van der Waals surface area (Å²) in [4.78, 5) is 36.4. The van der Waals surface area contributed by atoms with E-state index >= 15 is 0 Å². The fourth-order valence-electron chi connectivity index (χ4n) is 5.05. The van der Waals surface area contributed by atoms with Crippen LogP contribution in [0.2, 0.25) is 0 Å². The highest BCUT2D eigenvalue weighted by molar-refractivity contribution is 5.70. The van der Waals surface area contributed by atoms with Crippen molar-refractivity contribution >= 4 is 17.9 Å². The van der Waals surface area contributed by atoms with Crippen LogP contribution < -0.4 is 5.11 Å². The molecule has 0 radical (unpaired) electrons. The Bertz CT molecular complexity index is 747. The summed E-state index contributed by atoms with van der Waals surface area (Å²) in [5.74, 6) is -1.75. The SMILES string of the molecule is CCCC/C=C/CCCCCCCC(=O)OCC(COCCC(C(=O)[O-])[N+](C)(C)C)OC(=O)CCCCCCCCCCC. The van der Waals surface area contributed by atoms with Crippen molar-refractivity contribution < 1.29 is 38.2 Å². The third-order valence-electron chi connectivity index (χ3n) is 7.90. The molecule has 0 aromatic rings. The molecule has 0 aliphatic rings. The molecule has 0 aliphatic carbocycles. The van der Waals surface area contributed by atoms with E-state index in [0.29, 0.717) is 12.8 Å². The summed E-state index contributed by atoms with van der Waals surface area (Å²) in [7, 11) is 5.39. The zero-order chi connectivity index (χ0) is 32.9. The van der Waals surface area contributed by atoms with Gasteiger partial charge < -0.3 is 28.6 Å². The number of carbonyl (C=O) groups excluding carboxylic acids is 3. The molecule has 2 atom stereocenters. The molecule has 258 valence electrons. The average molecular weight is 626 g/mol. The van der Waals surface area contributed by atoms with Gasteiger partial charge in [-0.25, -0.2) is 0 Å². The summed E-state index contributed by atoms with van der Waals surface area (Å²) in [6.07, 6.45) is 25.2. The van der Waals surface area contributed by atoms with E-state index in [1.807, 2.05) is 0 Å². The van der Waals surface area contributed by atoms with Gasteiger partial charge in [-0.15, -0.1) is 0 Å². The van der Waals surface area contributed by atoms with Crippen molar-refractivity contribution in [2.45, 2.75) is 161 Å². The van der Waals surface area contributed by atoms with Crippen molar-refractivity contribution in [1.82, 2.24) is 0 Å². The van der Waals surface area contributed by atoms with E-state index in [4.69, 9.17) is 14.2 Å². The Morgan fingerprint density at radius 2 is 1.16 bits per heavy atom. The van der Waals surface area contributed by atoms with Gasteiger partial charge in [-0.05, 0) is 32.1 Å². The number of likely N-dealkylation sites (N-methyl/N-ethyl adjacent to an activating group) is 1. The van der Waals surface area contributed by atoms with Crippen molar-refractivity contribution in [2.24, 2.45) is 0 Å². The highest BCUT2D eigenvalue weighted by Gasteiger charge is 2.25. The van der Waals surface area contributed by atoms with Crippen LogP contribution in [-0.4, -0.2) is 75.5 Å². The summed E-state index contributed by atoms with van der Waals surface area (Å²) in [5.41, 5.74) is 0. The van der Waals surface area contributed by atoms with Crippen molar-refractivity contribution in [1.29, 1.82) is 0 Å². The van der Waals surface area contributed by atoms with Crippen molar-refractivity contribution in [3.8, 4) is 0 Å². The molecule has 0 bridgehead atoms. The number of quaternary nitrogens is 1. The van der Waals surface area contributed by atoms with Crippen molar-refractivity contribution in [3.05, 3.63) is 12.2 Å². The van der Waals surface area contributed by atoms with Gasteiger partial charge in [-0.3, -0.25) is 9.59 Å². The van der Waals surface area contributed by atoms with Crippen LogP contribution >= 0.6 is 0 Å². The van der Waals surface area contributed by atoms with E-state index < -0.39 is 18.1 Å². The molecule has 0 N–H and O–H groups in total. The van der Waals surface area contributed by atoms with Gasteiger partial charge in [0, 0.05) is 19.3 Å². The molecule has 0 aromatic carbocycles. The largest absolute Gasteiger partial charge is 0.544 e. The summed E-state index contributed by atoms with van der Waals surface area (Å²) >= 11 is 0.